The molecule has 0 spiro atoms. The molecule has 2 atom stereocenters. The number of nitrogens with one attached hydrogen (secondary N) is 1. The molecule has 2 fully saturated rings. The van der Waals surface area contributed by atoms with Crippen molar-refractivity contribution in [3.05, 3.63) is 58.5 Å². The molecule has 1 aliphatic carbocycles. The van der Waals surface area contributed by atoms with Gasteiger partial charge in [0.05, 0.1) is 4.90 Å². The number of hydrogen-bond donors (Lipinski definition) is 1. The number of hydrogen-bond acceptors (Lipinski definition) is 4. The van der Waals surface area contributed by atoms with E-state index in [1.54, 1.807) is 45.3 Å². The Morgan fingerprint density at radius 2 is 1.73 bits per heavy atom. The molecule has 1 saturated heterocycles. The molecule has 8 heteroatoms. The van der Waals surface area contributed by atoms with Crippen molar-refractivity contribution in [2.24, 2.45) is 11.8 Å². The van der Waals surface area contributed by atoms with E-state index >= 15 is 0 Å². The summed E-state index contributed by atoms with van der Waals surface area (Å²) in [7, 11) is -3.65. The maximum absolute atomic E-state index is 13.4. The number of sulfonamides is 1. The van der Waals surface area contributed by atoms with E-state index in [1.807, 2.05) is 6.07 Å². The van der Waals surface area contributed by atoms with Crippen LogP contribution in [-0.4, -0.2) is 36.3 Å². The van der Waals surface area contributed by atoms with Crippen molar-refractivity contribution in [1.29, 1.82) is 0 Å². The van der Waals surface area contributed by atoms with Crippen LogP contribution < -0.4 is 10.9 Å². The number of aromatic nitrogens is 1. The quantitative estimate of drug-likeness (QED) is 0.725. The molecule has 5 rings (SSSR count). The topological polar surface area (TPSA) is 88.5 Å². The Kier molecular flexibility index (Phi) is 6.14. The lowest BCUT2D eigenvalue weighted by Gasteiger charge is -2.42. The maximum atomic E-state index is 13.4. The first-order chi connectivity index (χ1) is 15.9. The van der Waals surface area contributed by atoms with Crippen molar-refractivity contribution >= 4 is 21.6 Å². The highest BCUT2D eigenvalue weighted by atomic mass is 32.2. The zero-order chi connectivity index (χ0) is 23.0. The van der Waals surface area contributed by atoms with Crippen molar-refractivity contribution < 1.29 is 13.2 Å². The fourth-order valence-electron chi connectivity index (χ4n) is 5.77. The summed E-state index contributed by atoms with van der Waals surface area (Å²) < 4.78 is 30.1. The van der Waals surface area contributed by atoms with Gasteiger partial charge in [0.2, 0.25) is 15.9 Å². The molecule has 3 aliphatic rings. The summed E-state index contributed by atoms with van der Waals surface area (Å²) in [6.07, 6.45) is 7.32. The van der Waals surface area contributed by atoms with Gasteiger partial charge < -0.3 is 9.88 Å². The van der Waals surface area contributed by atoms with E-state index < -0.39 is 10.0 Å². The van der Waals surface area contributed by atoms with E-state index in [0.717, 1.165) is 25.0 Å². The Bertz CT molecular complexity index is 1180. The van der Waals surface area contributed by atoms with Crippen LogP contribution in [0.2, 0.25) is 0 Å². The lowest BCUT2D eigenvalue weighted by Crippen LogP contribution is -2.48. The van der Waals surface area contributed by atoms with Gasteiger partial charge in [-0.15, -0.1) is 0 Å². The smallest absolute Gasteiger partial charge is 0.250 e. The minimum Gasteiger partial charge on any atom is -0.326 e. The van der Waals surface area contributed by atoms with Gasteiger partial charge in [0.15, 0.2) is 0 Å². The Morgan fingerprint density at radius 1 is 0.970 bits per heavy atom. The average Bonchev–Trinajstić information content (AvgIpc) is 2.81. The van der Waals surface area contributed by atoms with E-state index in [0.29, 0.717) is 37.7 Å². The zero-order valence-corrected chi connectivity index (χ0v) is 19.6. The Morgan fingerprint density at radius 3 is 2.48 bits per heavy atom. The standard InChI is InChI=1S/C25H31N3O4S/c29-24(14-18-5-2-1-3-6-18)26-21-9-11-22(12-10-21)33(31,32)27-15-19-13-20(17-27)23-7-4-8-25(30)28(23)16-19/h4,7-12,18-20H,1-3,5-6,13-17H2,(H,26,29)/t19-,20-/m1/s1. The van der Waals surface area contributed by atoms with Gasteiger partial charge >= 0.3 is 0 Å². The largest absolute Gasteiger partial charge is 0.326 e. The van der Waals surface area contributed by atoms with E-state index in [9.17, 15) is 18.0 Å². The van der Waals surface area contributed by atoms with Crippen LogP contribution in [-0.2, 0) is 21.4 Å². The summed E-state index contributed by atoms with van der Waals surface area (Å²) in [6.45, 7) is 1.35. The number of piperidine rings is 1. The molecular weight excluding hydrogens is 438 g/mol. The fraction of sp³-hybridized carbons (Fsp3) is 0.520. The van der Waals surface area contributed by atoms with Gasteiger partial charge in [0.1, 0.15) is 0 Å². The monoisotopic (exact) mass is 469 g/mol. The molecule has 2 aromatic rings. The number of pyridine rings is 1. The Balaban J connectivity index is 1.26. The zero-order valence-electron chi connectivity index (χ0n) is 18.8. The number of carbonyl (C=O) groups excluding carboxylic acids is 1. The molecule has 3 heterocycles. The summed E-state index contributed by atoms with van der Waals surface area (Å²) in [6, 6.07) is 11.8. The SMILES string of the molecule is O=C(CC1CCCCC1)Nc1ccc(S(=O)(=O)N2C[C@H]3C[C@H](C2)c2cccc(=O)n2C3)cc1. The highest BCUT2D eigenvalue weighted by molar-refractivity contribution is 7.89. The van der Waals surface area contributed by atoms with Crippen LogP contribution in [0, 0.1) is 11.8 Å². The number of anilines is 1. The molecule has 1 N–H and O–H groups in total. The van der Waals surface area contributed by atoms with Gasteiger partial charge in [0, 0.05) is 49.4 Å². The number of rotatable bonds is 5. The molecular formula is C25H31N3O4S. The predicted octanol–water partition coefficient (Wildman–Crippen LogP) is 3.57. The number of benzene rings is 1. The van der Waals surface area contributed by atoms with Crippen LogP contribution in [0.5, 0.6) is 0 Å². The van der Waals surface area contributed by atoms with Crippen molar-refractivity contribution in [3.8, 4) is 0 Å². The predicted molar refractivity (Wildman–Crippen MR) is 127 cm³/mol. The molecule has 7 nitrogen and oxygen atoms in total. The van der Waals surface area contributed by atoms with Crippen molar-refractivity contribution in [2.75, 3.05) is 18.4 Å². The molecule has 33 heavy (non-hydrogen) atoms. The van der Waals surface area contributed by atoms with E-state index in [4.69, 9.17) is 0 Å². The molecule has 0 unspecified atom stereocenters. The molecule has 1 aromatic heterocycles. The summed E-state index contributed by atoms with van der Waals surface area (Å²) >= 11 is 0. The molecule has 2 bridgehead atoms. The second-order valence-electron chi connectivity index (χ2n) is 9.80. The number of carbonyl (C=O) groups is 1. The van der Waals surface area contributed by atoms with E-state index in [-0.39, 0.29) is 28.2 Å². The third kappa shape index (κ3) is 4.64. The van der Waals surface area contributed by atoms with Crippen molar-refractivity contribution in [2.45, 2.75) is 62.3 Å². The normalized spacial score (nSPS) is 23.6. The van der Waals surface area contributed by atoms with E-state index in [1.165, 1.54) is 19.3 Å². The minimum absolute atomic E-state index is 0.00438. The number of amides is 1. The van der Waals surface area contributed by atoms with Gasteiger partial charge in [-0.25, -0.2) is 8.42 Å². The van der Waals surface area contributed by atoms with Gasteiger partial charge in [-0.3, -0.25) is 9.59 Å². The third-order valence-corrected chi connectivity index (χ3v) is 9.27. The maximum Gasteiger partial charge on any atom is 0.250 e. The number of fused-ring (bicyclic) bond motifs is 4. The molecule has 176 valence electrons. The fourth-order valence-corrected chi connectivity index (χ4v) is 7.34. The summed E-state index contributed by atoms with van der Waals surface area (Å²) in [5.41, 5.74) is 1.54. The third-order valence-electron chi connectivity index (χ3n) is 7.42. The van der Waals surface area contributed by atoms with Crippen molar-refractivity contribution in [3.63, 3.8) is 0 Å². The summed E-state index contributed by atoms with van der Waals surface area (Å²) in [5, 5.41) is 2.92. The average molecular weight is 470 g/mol. The van der Waals surface area contributed by atoms with Crippen LogP contribution in [0.15, 0.2) is 52.2 Å². The molecule has 0 radical (unpaired) electrons. The Labute approximate surface area is 194 Å². The van der Waals surface area contributed by atoms with E-state index in [2.05, 4.69) is 5.32 Å². The molecule has 1 saturated carbocycles. The van der Waals surface area contributed by atoms with Gasteiger partial charge in [-0.2, -0.15) is 4.31 Å². The first-order valence-corrected chi connectivity index (χ1v) is 13.4. The lowest BCUT2D eigenvalue weighted by molar-refractivity contribution is -0.117. The van der Waals surface area contributed by atoms with Crippen LogP contribution in [0.1, 0.15) is 56.6 Å². The molecule has 2 aliphatic heterocycles. The van der Waals surface area contributed by atoms with Gasteiger partial charge in [-0.1, -0.05) is 25.3 Å². The van der Waals surface area contributed by atoms with Crippen molar-refractivity contribution in [1.82, 2.24) is 8.87 Å². The van der Waals surface area contributed by atoms with Gasteiger partial charge in [0.25, 0.3) is 5.56 Å². The summed E-state index contributed by atoms with van der Waals surface area (Å²) in [4.78, 5) is 24.8. The highest BCUT2D eigenvalue weighted by Gasteiger charge is 2.39. The summed E-state index contributed by atoms with van der Waals surface area (Å²) in [5.74, 6) is 0.609. The first-order valence-electron chi connectivity index (χ1n) is 12.0. The first kappa shape index (κ1) is 22.3. The van der Waals surface area contributed by atoms with Crippen LogP contribution >= 0.6 is 0 Å². The number of nitrogens with zero attached hydrogens (tertiary/aromatic N) is 2. The lowest BCUT2D eigenvalue weighted by atomic mass is 9.84. The minimum atomic E-state index is -3.65. The molecule has 1 aromatic carbocycles. The second-order valence-corrected chi connectivity index (χ2v) is 11.7. The van der Waals surface area contributed by atoms with Crippen LogP contribution in [0.3, 0.4) is 0 Å². The highest BCUT2D eigenvalue weighted by Crippen LogP contribution is 2.37. The van der Waals surface area contributed by atoms with Crippen LogP contribution in [0.4, 0.5) is 5.69 Å². The Hall–Kier alpha value is -2.45. The molecule has 1 amide bonds. The van der Waals surface area contributed by atoms with Crippen LogP contribution in [0.25, 0.3) is 0 Å². The second kappa shape index (κ2) is 9.06. The van der Waals surface area contributed by atoms with Gasteiger partial charge in [-0.05, 0) is 61.4 Å².